The molecule has 0 spiro atoms. The zero-order valence-corrected chi connectivity index (χ0v) is 52.4. The van der Waals surface area contributed by atoms with Crippen molar-refractivity contribution < 1.29 is 29.2 Å². The normalized spacial score (nSPS) is 12.6. The third kappa shape index (κ3) is 66.3. The highest BCUT2D eigenvalue weighted by atomic mass is 16.5. The largest absolute Gasteiger partial charge is 0.394 e. The molecule has 458 valence electrons. The molecule has 0 amide bonds. The van der Waals surface area contributed by atoms with Gasteiger partial charge in [0.2, 0.25) is 0 Å². The number of unbranched alkanes of at least 4 members (excludes halogenated alkanes) is 55. The van der Waals surface area contributed by atoms with Gasteiger partial charge in [-0.15, -0.1) is 0 Å². The second-order valence-corrected chi connectivity index (χ2v) is 24.3. The first kappa shape index (κ1) is 75.8. The minimum absolute atomic E-state index is 0.0626. The predicted octanol–water partition coefficient (Wildman–Crippen LogP) is 22.4. The summed E-state index contributed by atoms with van der Waals surface area (Å²) >= 11 is 0. The first-order valence-electron chi connectivity index (χ1n) is 35.4. The van der Waals surface area contributed by atoms with Crippen LogP contribution in [0, 0.1) is 0 Å². The molecule has 2 atom stereocenters. The Balaban J connectivity index is 3.24. The molecule has 0 rings (SSSR count). The molecule has 0 bridgehead atoms. The second kappa shape index (κ2) is 70.9. The number of ether oxygens (including phenoxy) is 4. The van der Waals surface area contributed by atoms with E-state index in [2.05, 4.69) is 13.8 Å². The first-order valence-corrected chi connectivity index (χ1v) is 35.4. The Bertz CT molecular complexity index is 904. The third-order valence-corrected chi connectivity index (χ3v) is 16.5. The molecule has 0 saturated carbocycles. The SMILES string of the molecule is CCCCCCCCCCCCCCCCO[C@@H](CO)COCCCCCCCCCCCCCCCCCCCCCCCCCCCCCCCCOC[C@H](CO)OCCCCCCCCCCCCCCCC. The zero-order valence-electron chi connectivity index (χ0n) is 52.4. The van der Waals surface area contributed by atoms with E-state index in [0.717, 1.165) is 52.1 Å². The minimum Gasteiger partial charge on any atom is -0.394 e. The fraction of sp³-hybridized carbons (Fsp3) is 1.00. The number of rotatable bonds is 71. The molecule has 0 aromatic carbocycles. The van der Waals surface area contributed by atoms with E-state index >= 15 is 0 Å². The Morgan fingerprint density at radius 2 is 0.342 bits per heavy atom. The van der Waals surface area contributed by atoms with E-state index in [1.54, 1.807) is 0 Å². The lowest BCUT2D eigenvalue weighted by atomic mass is 10.0. The monoisotopic (exact) mass is 1080 g/mol. The van der Waals surface area contributed by atoms with Crippen LogP contribution in [-0.2, 0) is 18.9 Å². The maximum absolute atomic E-state index is 9.69. The molecule has 0 fully saturated rings. The molecule has 0 aromatic heterocycles. The van der Waals surface area contributed by atoms with Gasteiger partial charge in [0.25, 0.3) is 0 Å². The molecule has 0 radical (unpaired) electrons. The Kier molecular flexibility index (Phi) is 70.6. The fourth-order valence-electron chi connectivity index (χ4n) is 11.2. The summed E-state index contributed by atoms with van der Waals surface area (Å²) in [6, 6.07) is 0. The van der Waals surface area contributed by atoms with Crippen LogP contribution in [-0.4, -0.2) is 75.3 Å². The Morgan fingerprint density at radius 1 is 0.197 bits per heavy atom. The average molecular weight is 1080 g/mol. The van der Waals surface area contributed by atoms with E-state index < -0.39 is 0 Å². The number of aliphatic hydroxyl groups excluding tert-OH is 2. The molecule has 76 heavy (non-hydrogen) atoms. The van der Waals surface area contributed by atoms with Gasteiger partial charge in [-0.25, -0.2) is 0 Å². The van der Waals surface area contributed by atoms with Crippen molar-refractivity contribution in [1.29, 1.82) is 0 Å². The minimum atomic E-state index is -0.160. The Hall–Kier alpha value is -0.240. The number of aliphatic hydroxyl groups is 2. The molecular formula is C70H142O6. The van der Waals surface area contributed by atoms with Gasteiger partial charge in [-0.05, 0) is 25.7 Å². The molecule has 6 heteroatoms. The van der Waals surface area contributed by atoms with Gasteiger partial charge in [0, 0.05) is 26.4 Å². The predicted molar refractivity (Wildman–Crippen MR) is 334 cm³/mol. The Morgan fingerprint density at radius 3 is 0.500 bits per heavy atom. The topological polar surface area (TPSA) is 77.4 Å². The second-order valence-electron chi connectivity index (χ2n) is 24.3. The van der Waals surface area contributed by atoms with Gasteiger partial charge in [0.05, 0.1) is 26.4 Å². The quantitative estimate of drug-likeness (QED) is 0.0591. The van der Waals surface area contributed by atoms with E-state index in [4.69, 9.17) is 18.9 Å². The van der Waals surface area contributed by atoms with Gasteiger partial charge in [-0.3, -0.25) is 0 Å². The van der Waals surface area contributed by atoms with E-state index in [1.807, 2.05) is 0 Å². The van der Waals surface area contributed by atoms with Crippen LogP contribution in [0.5, 0.6) is 0 Å². The molecule has 0 heterocycles. The highest BCUT2D eigenvalue weighted by molar-refractivity contribution is 4.59. The van der Waals surface area contributed by atoms with Gasteiger partial charge in [0.15, 0.2) is 0 Å². The molecule has 6 nitrogen and oxygen atoms in total. The third-order valence-electron chi connectivity index (χ3n) is 16.5. The van der Waals surface area contributed by atoms with Crippen LogP contribution in [0.25, 0.3) is 0 Å². The van der Waals surface area contributed by atoms with Crippen LogP contribution in [0.4, 0.5) is 0 Å². The lowest BCUT2D eigenvalue weighted by Gasteiger charge is -2.15. The van der Waals surface area contributed by atoms with E-state index in [9.17, 15) is 10.2 Å². The van der Waals surface area contributed by atoms with Crippen LogP contribution in [0.1, 0.15) is 386 Å². The molecule has 0 aliphatic heterocycles. The first-order chi connectivity index (χ1) is 37.8. The van der Waals surface area contributed by atoms with Gasteiger partial charge in [0.1, 0.15) is 12.2 Å². The summed E-state index contributed by atoms with van der Waals surface area (Å²) in [5.41, 5.74) is 0. The van der Waals surface area contributed by atoms with Gasteiger partial charge in [-0.1, -0.05) is 361 Å². The van der Waals surface area contributed by atoms with Crippen LogP contribution < -0.4 is 0 Å². The number of hydrogen-bond donors (Lipinski definition) is 2. The van der Waals surface area contributed by atoms with Crippen molar-refractivity contribution in [3.05, 3.63) is 0 Å². The van der Waals surface area contributed by atoms with Crippen molar-refractivity contribution in [1.82, 2.24) is 0 Å². The van der Waals surface area contributed by atoms with Crippen molar-refractivity contribution in [2.45, 2.75) is 398 Å². The van der Waals surface area contributed by atoms with Gasteiger partial charge < -0.3 is 29.2 Å². The molecule has 0 aliphatic carbocycles. The lowest BCUT2D eigenvalue weighted by Crippen LogP contribution is -2.24. The molecule has 0 unspecified atom stereocenters. The number of hydrogen-bond acceptors (Lipinski definition) is 6. The molecule has 0 saturated heterocycles. The van der Waals surface area contributed by atoms with Gasteiger partial charge >= 0.3 is 0 Å². The summed E-state index contributed by atoms with van der Waals surface area (Å²) in [5, 5.41) is 19.4. The summed E-state index contributed by atoms with van der Waals surface area (Å²) in [4.78, 5) is 0. The van der Waals surface area contributed by atoms with E-state index in [1.165, 1.54) is 347 Å². The van der Waals surface area contributed by atoms with Gasteiger partial charge in [-0.2, -0.15) is 0 Å². The Labute approximate surface area is 478 Å². The summed E-state index contributed by atoms with van der Waals surface area (Å²) in [6.45, 7) is 8.87. The molecule has 0 aromatic rings. The van der Waals surface area contributed by atoms with Crippen molar-refractivity contribution in [2.75, 3.05) is 52.9 Å². The van der Waals surface area contributed by atoms with Crippen molar-refractivity contribution in [3.63, 3.8) is 0 Å². The molecular weight excluding hydrogens is 937 g/mol. The summed E-state index contributed by atoms with van der Waals surface area (Å²) in [7, 11) is 0. The smallest absolute Gasteiger partial charge is 0.104 e. The van der Waals surface area contributed by atoms with E-state index in [-0.39, 0.29) is 25.4 Å². The molecule has 0 aliphatic rings. The van der Waals surface area contributed by atoms with E-state index in [0.29, 0.717) is 13.2 Å². The molecule has 2 N–H and O–H groups in total. The van der Waals surface area contributed by atoms with Crippen LogP contribution >= 0.6 is 0 Å². The van der Waals surface area contributed by atoms with Crippen LogP contribution in [0.15, 0.2) is 0 Å². The summed E-state index contributed by atoms with van der Waals surface area (Å²) in [5.74, 6) is 0. The fourth-order valence-corrected chi connectivity index (χ4v) is 11.2. The maximum atomic E-state index is 9.69. The standard InChI is InChI=1S/C70H142O6/c1-3-5-7-9-11-13-15-17-39-43-47-51-55-59-63-75-69(65-71)67-73-61-57-53-49-45-41-37-35-33-31-29-27-25-23-21-19-20-22-24-26-28-30-32-34-36-38-42-46-50-54-58-62-74-68-70(66-72)76-64-60-56-52-48-44-40-18-16-14-12-10-8-6-4-2/h69-72H,3-68H2,1-2H3/t69-,70-/m0/s1. The van der Waals surface area contributed by atoms with Crippen molar-refractivity contribution in [3.8, 4) is 0 Å². The van der Waals surface area contributed by atoms with Crippen LogP contribution in [0.2, 0.25) is 0 Å². The highest BCUT2D eigenvalue weighted by Crippen LogP contribution is 2.19. The van der Waals surface area contributed by atoms with Crippen molar-refractivity contribution >= 4 is 0 Å². The summed E-state index contributed by atoms with van der Waals surface area (Å²) in [6.07, 6.45) is 79.9. The van der Waals surface area contributed by atoms with Crippen molar-refractivity contribution in [2.24, 2.45) is 0 Å². The van der Waals surface area contributed by atoms with Crippen LogP contribution in [0.3, 0.4) is 0 Å². The zero-order chi connectivity index (χ0) is 54.7. The summed E-state index contributed by atoms with van der Waals surface area (Å²) < 4.78 is 23.5. The highest BCUT2D eigenvalue weighted by Gasteiger charge is 2.09. The average Bonchev–Trinajstić information content (AvgIpc) is 3.43. The maximum Gasteiger partial charge on any atom is 0.104 e. The lowest BCUT2D eigenvalue weighted by molar-refractivity contribution is -0.0437.